The van der Waals surface area contributed by atoms with Crippen LogP contribution in [0, 0.1) is 0 Å². The van der Waals surface area contributed by atoms with Crippen LogP contribution in [-0.4, -0.2) is 40.4 Å². The van der Waals surface area contributed by atoms with E-state index in [9.17, 15) is 0 Å². The number of thiophene rings is 16. The van der Waals surface area contributed by atoms with Gasteiger partial charge in [-0.1, -0.05) is 149 Å². The molecule has 16 heterocycles. The predicted octanol–water partition coefficient (Wildman–Crippen LogP) is 30.9. The Balaban J connectivity index is 0.701. The maximum atomic E-state index is 2.74. The van der Waals surface area contributed by atoms with Crippen molar-refractivity contribution in [3.8, 4) is 117 Å². The van der Waals surface area contributed by atoms with Gasteiger partial charge >= 0.3 is 0 Å². The molecule has 512 valence electrons. The Morgan fingerprint density at radius 1 is 0.168 bits per heavy atom. The minimum absolute atomic E-state index is 1.36. The lowest BCUT2D eigenvalue weighted by atomic mass is 10.3. The number of hydrogen-bond acceptors (Lipinski definition) is 16. The van der Waals surface area contributed by atoms with E-state index >= 15 is 0 Å². The molecule has 0 unspecified atom stereocenters. The summed E-state index contributed by atoms with van der Waals surface area (Å²) in [7, 11) is -9.64. The highest BCUT2D eigenvalue weighted by Gasteiger charge is 2.43. The van der Waals surface area contributed by atoms with Gasteiger partial charge in [0.1, 0.15) is 0 Å². The van der Waals surface area contributed by atoms with Crippen molar-refractivity contribution in [1.82, 2.24) is 0 Å². The summed E-state index contributed by atoms with van der Waals surface area (Å²) in [4.78, 5) is 33.3. The van der Waals surface area contributed by atoms with Crippen LogP contribution < -0.4 is 18.0 Å². The molecule has 0 fully saturated rings. The maximum absolute atomic E-state index is 2.74. The first-order valence-electron chi connectivity index (χ1n) is 34.2. The van der Waals surface area contributed by atoms with Gasteiger partial charge in [-0.15, -0.1) is 181 Å². The zero-order chi connectivity index (χ0) is 69.1. The molecule has 0 saturated carbocycles. The Morgan fingerprint density at radius 2 is 0.317 bits per heavy atom. The molecule has 0 bridgehead atoms. The van der Waals surface area contributed by atoms with Crippen molar-refractivity contribution < 1.29 is 0 Å². The zero-order valence-corrected chi connectivity index (χ0v) is 75.5. The zero-order valence-electron chi connectivity index (χ0n) is 57.5. The van der Waals surface area contributed by atoms with Crippen LogP contribution in [0.5, 0.6) is 0 Å². The molecule has 0 aliphatic carbocycles. The summed E-state index contributed by atoms with van der Waals surface area (Å²) >= 11 is 31.5. The van der Waals surface area contributed by atoms with Crippen molar-refractivity contribution in [2.24, 2.45) is 0 Å². The molecule has 0 N–H and O–H groups in total. The predicted molar refractivity (Wildman–Crippen MR) is 490 cm³/mol. The van der Waals surface area contributed by atoms with Crippen LogP contribution in [0.3, 0.4) is 0 Å². The summed E-state index contributed by atoms with van der Waals surface area (Å²) in [5.74, 6) is 0. The molecule has 0 spiro atoms. The second kappa shape index (κ2) is 30.1. The molecule has 0 aliphatic heterocycles. The maximum Gasteiger partial charge on any atom is 0.0931 e. The van der Waals surface area contributed by atoms with Gasteiger partial charge in [-0.3, -0.25) is 0 Å². The average molecular weight is 1690 g/mol. The van der Waals surface area contributed by atoms with Crippen LogP contribution >= 0.6 is 181 Å². The van der Waals surface area contributed by atoms with Gasteiger partial charge in [0, 0.05) is 117 Å². The number of rotatable bonds is 28. The Hall–Kier alpha value is -3.72. The standard InChI is InChI=1S/C80H76S16Si5/c1-97(2,77-37-33-73(93-77)69-29-25-65(89-69)61-21-17-57(85-61)53-13-9-41-81-53)45-49-101(50-46-98(3,4)78-38-34-74(94-78)70-30-26-66(90-70)62-22-18-58(86-62)54-14-10-42-82-54,51-47-99(5,6)79-39-35-75(95-79)71-31-27-67(91-71)63-23-19-59(87-63)55-15-11-43-83-55)52-48-100(7,8)80-40-36-76(96-80)72-32-28-68(92-72)64-24-20-60(88-64)56-16-12-44-84-56/h9-44H,45-52H2,1-8H3. The SMILES string of the molecule is C[Si](C)(CC[Si](CC[Si](C)(C)c1ccc(-c2ccc(-c3ccc(-c4cccs4)s3)s2)s1)(CC[Si](C)(C)c1ccc(-c2ccc(-c3ccc(-c4cccs4)s3)s2)s1)CC[Si](C)(C)c1ccc(-c2ccc(-c3ccc(-c4cccs4)s3)s2)s1)c1ccc(-c2ccc(-c3ccc(-c4cccs4)s3)s2)s1. The molecule has 21 heteroatoms. The third kappa shape index (κ3) is 15.9. The second-order valence-electron chi connectivity index (χ2n) is 28.9. The Kier molecular flexibility index (Phi) is 21.4. The fraction of sp³-hybridized carbons (Fsp3) is 0.200. The van der Waals surface area contributed by atoms with Gasteiger partial charge < -0.3 is 0 Å². The lowest BCUT2D eigenvalue weighted by Crippen LogP contribution is -2.49. The van der Waals surface area contributed by atoms with Crippen LogP contribution in [0.25, 0.3) is 117 Å². The van der Waals surface area contributed by atoms with Crippen molar-refractivity contribution >= 4 is 240 Å². The highest BCUT2D eigenvalue weighted by Crippen LogP contribution is 2.49. The topological polar surface area (TPSA) is 0 Å². The second-order valence-corrected chi connectivity index (χ2v) is 71.4. The molecule has 16 aromatic heterocycles. The van der Waals surface area contributed by atoms with Crippen LogP contribution in [-0.2, 0) is 0 Å². The number of hydrogen-bond donors (Lipinski definition) is 0. The summed E-state index contributed by atoms with van der Waals surface area (Å²) in [6, 6.07) is 86.9. The van der Waals surface area contributed by atoms with E-state index in [-0.39, 0.29) is 0 Å². The van der Waals surface area contributed by atoms with E-state index in [1.54, 1.807) is 18.0 Å². The molecular formula is C80H76S16Si5. The average Bonchev–Trinajstić information content (AvgIpc) is 1.77. The molecule has 0 aliphatic rings. The van der Waals surface area contributed by atoms with Gasteiger partial charge in [0.05, 0.1) is 40.4 Å². The van der Waals surface area contributed by atoms with Gasteiger partial charge in [-0.05, 0) is 185 Å². The van der Waals surface area contributed by atoms with E-state index in [4.69, 9.17) is 0 Å². The van der Waals surface area contributed by atoms with Gasteiger partial charge in [0.25, 0.3) is 0 Å². The third-order valence-corrected chi connectivity index (χ3v) is 65.3. The molecule has 16 aromatic rings. The van der Waals surface area contributed by atoms with Crippen molar-refractivity contribution in [3.05, 3.63) is 216 Å². The van der Waals surface area contributed by atoms with E-state index in [1.807, 2.05) is 136 Å². The summed E-state index contributed by atoms with van der Waals surface area (Å²) in [6.45, 7) is 22.0. The van der Waals surface area contributed by atoms with Crippen LogP contribution in [0.1, 0.15) is 0 Å². The third-order valence-electron chi connectivity index (χ3n) is 20.1. The van der Waals surface area contributed by atoms with Crippen molar-refractivity contribution in [2.45, 2.75) is 101 Å². The molecule has 0 amide bonds. The van der Waals surface area contributed by atoms with Crippen molar-refractivity contribution in [3.63, 3.8) is 0 Å². The molecule has 0 aromatic carbocycles. The molecule has 0 radical (unpaired) electrons. The summed E-state index contributed by atoms with van der Waals surface area (Å²) in [5, 5.41) is 8.76. The van der Waals surface area contributed by atoms with Gasteiger partial charge in [-0.25, -0.2) is 0 Å². The van der Waals surface area contributed by atoms with Crippen LogP contribution in [0.4, 0.5) is 0 Å². The summed E-state index contributed by atoms with van der Waals surface area (Å²) < 4.78 is 6.72. The molecule has 0 saturated heterocycles. The quantitative estimate of drug-likeness (QED) is 0.0429. The van der Waals surface area contributed by atoms with Crippen molar-refractivity contribution in [1.29, 1.82) is 0 Å². The highest BCUT2D eigenvalue weighted by molar-refractivity contribution is 7.36. The van der Waals surface area contributed by atoms with Crippen molar-refractivity contribution in [2.75, 3.05) is 0 Å². The first-order chi connectivity index (χ1) is 48.8. The minimum atomic E-state index is -2.03. The largest absolute Gasteiger partial charge is 0.144 e. The van der Waals surface area contributed by atoms with Gasteiger partial charge in [-0.2, -0.15) is 0 Å². The molecular weight excluding hydrogens is 1610 g/mol. The fourth-order valence-electron chi connectivity index (χ4n) is 13.4. The molecule has 0 atom stereocenters. The van der Waals surface area contributed by atoms with Gasteiger partial charge in [0.15, 0.2) is 0 Å². The lowest BCUT2D eigenvalue weighted by molar-refractivity contribution is 1.07. The van der Waals surface area contributed by atoms with E-state index in [0.29, 0.717) is 0 Å². The normalized spacial score (nSPS) is 12.7. The smallest absolute Gasteiger partial charge is 0.0931 e. The van der Waals surface area contributed by atoms with E-state index in [2.05, 4.69) is 313 Å². The molecule has 0 nitrogen and oxygen atoms in total. The van der Waals surface area contributed by atoms with Crippen LogP contribution in [0.2, 0.25) is 101 Å². The minimum Gasteiger partial charge on any atom is -0.144 e. The summed E-state index contributed by atoms with van der Waals surface area (Å²) in [5.41, 5.74) is 0. The van der Waals surface area contributed by atoms with E-state index in [0.717, 1.165) is 0 Å². The Labute approximate surface area is 664 Å². The molecule has 101 heavy (non-hydrogen) atoms. The lowest BCUT2D eigenvalue weighted by Gasteiger charge is -2.40. The molecule has 16 rings (SSSR count). The summed E-state index contributed by atoms with van der Waals surface area (Å²) in [6.07, 6.45) is 0. The van der Waals surface area contributed by atoms with E-state index < -0.39 is 40.4 Å². The fourth-order valence-corrected chi connectivity index (χ4v) is 58.6. The Bertz CT molecular complexity index is 4700. The monoisotopic (exact) mass is 1690 g/mol. The van der Waals surface area contributed by atoms with Crippen LogP contribution in [0.15, 0.2) is 216 Å². The highest BCUT2D eigenvalue weighted by atomic mass is 32.2. The first kappa shape index (κ1) is 71.5. The first-order valence-corrected chi connectivity index (χ1v) is 63.2. The van der Waals surface area contributed by atoms with Gasteiger partial charge in [0.2, 0.25) is 0 Å². The Morgan fingerprint density at radius 3 is 0.475 bits per heavy atom. The van der Waals surface area contributed by atoms with E-state index in [1.165, 1.54) is 165 Å².